The minimum atomic E-state index is -0.274. The molecule has 102 valence electrons. The van der Waals surface area contributed by atoms with E-state index in [1.165, 1.54) is 24.3 Å². The van der Waals surface area contributed by atoms with Crippen molar-refractivity contribution in [2.45, 2.75) is 32.7 Å². The Hall–Kier alpha value is -0.250. The van der Waals surface area contributed by atoms with Crippen LogP contribution in [0.5, 0.6) is 0 Å². The summed E-state index contributed by atoms with van der Waals surface area (Å²) >= 11 is 8.01. The van der Waals surface area contributed by atoms with Crippen molar-refractivity contribution in [3.05, 3.63) is 34.6 Å². The summed E-state index contributed by atoms with van der Waals surface area (Å²) in [6.07, 6.45) is 2.05. The molecule has 1 nitrogen and oxygen atoms in total. The van der Waals surface area contributed by atoms with E-state index in [0.29, 0.717) is 11.1 Å². The van der Waals surface area contributed by atoms with Crippen LogP contribution in [0.4, 0.5) is 4.39 Å². The molecule has 0 spiro atoms. The largest absolute Gasteiger partial charge is 0.313 e. The van der Waals surface area contributed by atoms with E-state index >= 15 is 0 Å². The Balaban J connectivity index is 2.58. The topological polar surface area (TPSA) is 12.0 Å². The number of hydrogen-bond acceptors (Lipinski definition) is 2. The van der Waals surface area contributed by atoms with Crippen molar-refractivity contribution >= 4 is 23.4 Å². The van der Waals surface area contributed by atoms with Gasteiger partial charge in [-0.15, -0.1) is 0 Å². The Morgan fingerprint density at radius 3 is 2.78 bits per heavy atom. The summed E-state index contributed by atoms with van der Waals surface area (Å²) in [5.74, 6) is 1.97. The van der Waals surface area contributed by atoms with Gasteiger partial charge >= 0.3 is 0 Å². The van der Waals surface area contributed by atoms with Crippen LogP contribution in [-0.2, 0) is 6.42 Å². The van der Waals surface area contributed by atoms with Gasteiger partial charge in [0.25, 0.3) is 0 Å². The summed E-state index contributed by atoms with van der Waals surface area (Å²) < 4.78 is 13.0. The number of halogens is 2. The molecule has 1 atom stereocenters. The Labute approximate surface area is 118 Å². The molecule has 0 amide bonds. The lowest BCUT2D eigenvalue weighted by Gasteiger charge is -2.18. The number of likely N-dealkylation sites (N-methyl/N-ethyl adjacent to an activating group) is 1. The molecule has 0 bridgehead atoms. The van der Waals surface area contributed by atoms with Crippen LogP contribution in [0.2, 0.25) is 5.02 Å². The van der Waals surface area contributed by atoms with Gasteiger partial charge in [0.1, 0.15) is 5.82 Å². The van der Waals surface area contributed by atoms with Gasteiger partial charge in [-0.05, 0) is 42.8 Å². The molecule has 0 aliphatic rings. The predicted octanol–water partition coefficient (Wildman–Crippen LogP) is 4.14. The normalized spacial score (nSPS) is 12.7. The third-order valence-corrected chi connectivity index (χ3v) is 4.33. The molecule has 4 heteroatoms. The molecule has 0 saturated carbocycles. The second kappa shape index (κ2) is 8.78. The van der Waals surface area contributed by atoms with E-state index in [4.69, 9.17) is 11.6 Å². The number of hydrogen-bond donors (Lipinski definition) is 1. The highest BCUT2D eigenvalue weighted by molar-refractivity contribution is 7.99. The smallest absolute Gasteiger partial charge is 0.124 e. The second-order valence-electron chi connectivity index (χ2n) is 4.27. The molecule has 1 unspecified atom stereocenters. The predicted molar refractivity (Wildman–Crippen MR) is 80.2 cm³/mol. The first-order chi connectivity index (χ1) is 8.67. The van der Waals surface area contributed by atoms with Crippen molar-refractivity contribution in [3.63, 3.8) is 0 Å². The van der Waals surface area contributed by atoms with Gasteiger partial charge in [-0.25, -0.2) is 4.39 Å². The van der Waals surface area contributed by atoms with Crippen LogP contribution < -0.4 is 5.32 Å². The molecule has 0 aliphatic heterocycles. The van der Waals surface area contributed by atoms with Crippen LogP contribution in [0.1, 0.15) is 25.8 Å². The number of thioether (sulfide) groups is 1. The summed E-state index contributed by atoms with van der Waals surface area (Å²) in [6.45, 7) is 5.23. The lowest BCUT2D eigenvalue weighted by Crippen LogP contribution is -2.33. The quantitative estimate of drug-likeness (QED) is 0.722. The fourth-order valence-corrected chi connectivity index (χ4v) is 3.02. The molecule has 0 saturated heterocycles. The summed E-state index contributed by atoms with van der Waals surface area (Å²) in [4.78, 5) is 0. The molecule has 1 N–H and O–H groups in total. The molecule has 0 heterocycles. The molecule has 0 aliphatic carbocycles. The van der Waals surface area contributed by atoms with E-state index < -0.39 is 0 Å². The zero-order valence-corrected chi connectivity index (χ0v) is 12.6. The molecular formula is C14H21ClFNS. The van der Waals surface area contributed by atoms with Gasteiger partial charge < -0.3 is 5.32 Å². The highest BCUT2D eigenvalue weighted by atomic mass is 35.5. The van der Waals surface area contributed by atoms with Crippen LogP contribution in [0, 0.1) is 5.82 Å². The van der Waals surface area contributed by atoms with Crippen molar-refractivity contribution in [3.8, 4) is 0 Å². The highest BCUT2D eigenvalue weighted by Gasteiger charge is 2.11. The average molecular weight is 290 g/mol. The zero-order chi connectivity index (χ0) is 13.4. The van der Waals surface area contributed by atoms with E-state index in [2.05, 4.69) is 19.2 Å². The molecule has 18 heavy (non-hydrogen) atoms. The van der Waals surface area contributed by atoms with Crippen LogP contribution in [0.25, 0.3) is 0 Å². The van der Waals surface area contributed by atoms with E-state index in [0.717, 1.165) is 24.3 Å². The van der Waals surface area contributed by atoms with E-state index in [-0.39, 0.29) is 5.82 Å². The van der Waals surface area contributed by atoms with Gasteiger partial charge in [0.15, 0.2) is 0 Å². The SMILES string of the molecule is CCCSCC(Cc1ccc(F)cc1Cl)NCC. The lowest BCUT2D eigenvalue weighted by atomic mass is 10.1. The van der Waals surface area contributed by atoms with Crippen LogP contribution >= 0.6 is 23.4 Å². The molecule has 0 aromatic heterocycles. The van der Waals surface area contributed by atoms with Gasteiger partial charge in [0.2, 0.25) is 0 Å². The first-order valence-electron chi connectivity index (χ1n) is 6.42. The Kier molecular flexibility index (Phi) is 7.71. The first kappa shape index (κ1) is 15.8. The van der Waals surface area contributed by atoms with Crippen molar-refractivity contribution in [1.82, 2.24) is 5.32 Å². The van der Waals surface area contributed by atoms with Gasteiger partial charge in [0, 0.05) is 16.8 Å². The van der Waals surface area contributed by atoms with Gasteiger partial charge in [-0.3, -0.25) is 0 Å². The molecular weight excluding hydrogens is 269 g/mol. The maximum Gasteiger partial charge on any atom is 0.124 e. The number of nitrogens with one attached hydrogen (secondary N) is 1. The van der Waals surface area contributed by atoms with Gasteiger partial charge in [0.05, 0.1) is 0 Å². The molecule has 1 aromatic carbocycles. The summed E-state index contributed by atoms with van der Waals surface area (Å²) in [6, 6.07) is 5.05. The maximum absolute atomic E-state index is 13.0. The zero-order valence-electron chi connectivity index (χ0n) is 11.0. The van der Waals surface area contributed by atoms with Crippen molar-refractivity contribution in [2.75, 3.05) is 18.1 Å². The maximum atomic E-state index is 13.0. The third kappa shape index (κ3) is 5.59. The summed E-state index contributed by atoms with van der Waals surface area (Å²) in [7, 11) is 0. The highest BCUT2D eigenvalue weighted by Crippen LogP contribution is 2.20. The van der Waals surface area contributed by atoms with Crippen LogP contribution in [0.15, 0.2) is 18.2 Å². The molecule has 1 rings (SSSR count). The Bertz CT molecular complexity index is 360. The average Bonchev–Trinajstić information content (AvgIpc) is 2.33. The minimum absolute atomic E-state index is 0.274. The molecule has 0 fully saturated rings. The van der Waals surface area contributed by atoms with Crippen molar-refractivity contribution in [2.24, 2.45) is 0 Å². The second-order valence-corrected chi connectivity index (χ2v) is 5.83. The number of rotatable bonds is 8. The molecule has 1 aromatic rings. The molecule has 0 radical (unpaired) electrons. The number of benzene rings is 1. The summed E-state index contributed by atoms with van der Waals surface area (Å²) in [5.41, 5.74) is 1.01. The standard InChI is InChI=1S/C14H21ClFNS/c1-3-7-18-10-13(17-4-2)8-11-5-6-12(16)9-14(11)15/h5-6,9,13,17H,3-4,7-8,10H2,1-2H3. The monoisotopic (exact) mass is 289 g/mol. The van der Waals surface area contributed by atoms with E-state index in [1.807, 2.05) is 11.8 Å². The van der Waals surface area contributed by atoms with E-state index in [1.54, 1.807) is 6.07 Å². The Morgan fingerprint density at radius 2 is 2.17 bits per heavy atom. The Morgan fingerprint density at radius 1 is 1.39 bits per heavy atom. The lowest BCUT2D eigenvalue weighted by molar-refractivity contribution is 0.571. The van der Waals surface area contributed by atoms with Gasteiger partial charge in [-0.1, -0.05) is 31.5 Å². The van der Waals surface area contributed by atoms with Crippen LogP contribution in [0.3, 0.4) is 0 Å². The van der Waals surface area contributed by atoms with Gasteiger partial charge in [-0.2, -0.15) is 11.8 Å². The van der Waals surface area contributed by atoms with Crippen molar-refractivity contribution < 1.29 is 4.39 Å². The fourth-order valence-electron chi connectivity index (χ4n) is 1.80. The minimum Gasteiger partial charge on any atom is -0.313 e. The van der Waals surface area contributed by atoms with E-state index in [9.17, 15) is 4.39 Å². The third-order valence-electron chi connectivity index (χ3n) is 2.64. The fraction of sp³-hybridized carbons (Fsp3) is 0.571. The summed E-state index contributed by atoms with van der Waals surface area (Å²) in [5, 5.41) is 3.98. The van der Waals surface area contributed by atoms with Crippen LogP contribution in [-0.4, -0.2) is 24.1 Å². The van der Waals surface area contributed by atoms with Crippen molar-refractivity contribution in [1.29, 1.82) is 0 Å². The first-order valence-corrected chi connectivity index (χ1v) is 7.95.